The largest absolute Gasteiger partial charge is 0.479 e. The van der Waals surface area contributed by atoms with E-state index in [1.807, 2.05) is 29.2 Å². The van der Waals surface area contributed by atoms with Crippen LogP contribution in [0, 0.1) is 0 Å². The molecule has 1 unspecified atom stereocenters. The Morgan fingerprint density at radius 2 is 1.96 bits per heavy atom. The van der Waals surface area contributed by atoms with Crippen molar-refractivity contribution in [3.8, 4) is 0 Å². The lowest BCUT2D eigenvalue weighted by Crippen LogP contribution is -2.50. The van der Waals surface area contributed by atoms with E-state index in [1.165, 1.54) is 4.90 Å². The van der Waals surface area contributed by atoms with Crippen molar-refractivity contribution in [3.63, 3.8) is 0 Å². The first kappa shape index (κ1) is 19.1. The van der Waals surface area contributed by atoms with Crippen molar-refractivity contribution in [2.24, 2.45) is 0 Å². The predicted molar refractivity (Wildman–Crippen MR) is 102 cm³/mol. The number of piperidine rings is 1. The monoisotopic (exact) mass is 373 g/mol. The summed E-state index contributed by atoms with van der Waals surface area (Å²) in [5.74, 6) is -1.14. The van der Waals surface area contributed by atoms with E-state index in [2.05, 4.69) is 5.32 Å². The van der Waals surface area contributed by atoms with Crippen LogP contribution in [0.3, 0.4) is 0 Å². The molecule has 9 heteroatoms. The Balaban J connectivity index is 1.55. The number of hydrogen-bond donors (Lipinski definition) is 2. The summed E-state index contributed by atoms with van der Waals surface area (Å²) < 4.78 is 5.06. The van der Waals surface area contributed by atoms with Gasteiger partial charge in [-0.05, 0) is 37.2 Å². The van der Waals surface area contributed by atoms with E-state index in [0.717, 1.165) is 17.7 Å². The fourth-order valence-electron chi connectivity index (χ4n) is 3.60. The zero-order valence-electron chi connectivity index (χ0n) is 15.4. The quantitative estimate of drug-likeness (QED) is 0.773. The van der Waals surface area contributed by atoms with E-state index in [9.17, 15) is 14.4 Å². The number of carbonyl (C=O) groups is 3. The minimum atomic E-state index is -1.14. The van der Waals surface area contributed by atoms with Gasteiger partial charge in [-0.2, -0.15) is 0 Å². The number of carboxylic acids is 1. The highest BCUT2D eigenvalue weighted by molar-refractivity contribution is 6.10. The third kappa shape index (κ3) is 4.35. The second kappa shape index (κ2) is 8.32. The number of urea groups is 1. The van der Waals surface area contributed by atoms with Crippen molar-refractivity contribution in [3.05, 3.63) is 29.8 Å². The number of para-hydroxylation sites is 1. The number of ether oxygens (including phenoxy) is 1. The number of carbonyl (C=O) groups excluding carboxylic acids is 2. The highest BCUT2D eigenvalue weighted by atomic mass is 16.6. The van der Waals surface area contributed by atoms with E-state index in [1.54, 1.807) is 7.85 Å². The van der Waals surface area contributed by atoms with Crippen LogP contribution < -0.4 is 5.32 Å². The zero-order valence-corrected chi connectivity index (χ0v) is 15.4. The van der Waals surface area contributed by atoms with Crippen LogP contribution in [-0.4, -0.2) is 72.6 Å². The van der Waals surface area contributed by atoms with Crippen molar-refractivity contribution < 1.29 is 24.2 Å². The molecule has 1 atom stereocenters. The first-order valence-corrected chi connectivity index (χ1v) is 9.33. The van der Waals surface area contributed by atoms with Crippen LogP contribution in [-0.2, 0) is 16.0 Å². The third-order valence-electron chi connectivity index (χ3n) is 5.19. The van der Waals surface area contributed by atoms with Crippen LogP contribution >= 0.6 is 0 Å². The number of carboxylic acid groups (broad SMARTS) is 1. The number of anilines is 1. The molecule has 3 rings (SSSR count). The summed E-state index contributed by atoms with van der Waals surface area (Å²) in [7, 11) is 1.66. The maximum atomic E-state index is 12.6. The number of nitrogens with zero attached hydrogens (tertiary/aromatic N) is 2. The minimum absolute atomic E-state index is 0.0461. The molecule has 1 aromatic carbocycles. The zero-order chi connectivity index (χ0) is 19.4. The SMILES string of the molecule is BCC(OC(=O)N1CCC(N2CCc3ccccc3NC2=O)CC1)C(=O)O. The lowest BCUT2D eigenvalue weighted by molar-refractivity contribution is -0.146. The van der Waals surface area contributed by atoms with Crippen molar-refractivity contribution >= 4 is 31.6 Å². The van der Waals surface area contributed by atoms with Gasteiger partial charge < -0.3 is 25.0 Å². The molecule has 3 amide bonds. The Hall–Kier alpha value is -2.71. The van der Waals surface area contributed by atoms with Gasteiger partial charge in [0.1, 0.15) is 7.85 Å². The van der Waals surface area contributed by atoms with Crippen molar-refractivity contribution in [1.29, 1.82) is 0 Å². The molecular formula is C18H24BN3O5. The summed E-state index contributed by atoms with van der Waals surface area (Å²) in [5.41, 5.74) is 1.97. The van der Waals surface area contributed by atoms with Crippen LogP contribution in [0.2, 0.25) is 6.32 Å². The Morgan fingerprint density at radius 3 is 2.63 bits per heavy atom. The van der Waals surface area contributed by atoms with Crippen LogP contribution in [0.25, 0.3) is 0 Å². The molecular weight excluding hydrogens is 349 g/mol. The maximum absolute atomic E-state index is 12.6. The van der Waals surface area contributed by atoms with Gasteiger partial charge in [-0.25, -0.2) is 14.4 Å². The molecule has 2 aliphatic heterocycles. The van der Waals surface area contributed by atoms with E-state index in [0.29, 0.717) is 32.5 Å². The Kier molecular flexibility index (Phi) is 5.88. The average molecular weight is 373 g/mol. The molecule has 2 N–H and O–H groups in total. The summed E-state index contributed by atoms with van der Waals surface area (Å²) in [5, 5.41) is 12.0. The van der Waals surface area contributed by atoms with E-state index >= 15 is 0 Å². The molecule has 27 heavy (non-hydrogen) atoms. The minimum Gasteiger partial charge on any atom is -0.479 e. The predicted octanol–water partition coefficient (Wildman–Crippen LogP) is 1.18. The topological polar surface area (TPSA) is 99.2 Å². The van der Waals surface area contributed by atoms with Gasteiger partial charge in [-0.1, -0.05) is 18.2 Å². The molecule has 0 aliphatic carbocycles. The van der Waals surface area contributed by atoms with Crippen LogP contribution in [0.4, 0.5) is 15.3 Å². The number of hydrogen-bond acceptors (Lipinski definition) is 4. The second-order valence-corrected chi connectivity index (χ2v) is 6.87. The Labute approximate surface area is 158 Å². The Bertz CT molecular complexity index is 721. The van der Waals surface area contributed by atoms with Gasteiger partial charge in [-0.15, -0.1) is 0 Å². The van der Waals surface area contributed by atoms with Gasteiger partial charge in [0.15, 0.2) is 6.10 Å². The number of rotatable bonds is 4. The summed E-state index contributed by atoms with van der Waals surface area (Å²) in [6.45, 7) is 1.52. The normalized spacial score (nSPS) is 18.9. The third-order valence-corrected chi connectivity index (χ3v) is 5.19. The summed E-state index contributed by atoms with van der Waals surface area (Å²) in [6.07, 6.45) is 0.575. The first-order chi connectivity index (χ1) is 13.0. The van der Waals surface area contributed by atoms with Gasteiger partial charge in [0.25, 0.3) is 0 Å². The van der Waals surface area contributed by atoms with Gasteiger partial charge >= 0.3 is 18.1 Å². The highest BCUT2D eigenvalue weighted by Gasteiger charge is 2.32. The molecule has 0 saturated carbocycles. The summed E-state index contributed by atoms with van der Waals surface area (Å²) in [4.78, 5) is 39.2. The smallest absolute Gasteiger partial charge is 0.410 e. The molecule has 144 valence electrons. The molecule has 1 aromatic rings. The molecule has 0 aromatic heterocycles. The molecule has 0 radical (unpaired) electrons. The lowest BCUT2D eigenvalue weighted by Gasteiger charge is -2.37. The standard InChI is InChI=1S/C18H24BN3O5/c19-11-15(16(23)24)27-18(26)21-8-6-13(7-9-21)22-10-5-12-3-1-2-4-14(12)20-17(22)25/h1-4,13,15H,5-11,19H2,(H,20,25)(H,23,24). The second-order valence-electron chi connectivity index (χ2n) is 6.87. The number of amides is 3. The number of nitrogens with one attached hydrogen (secondary N) is 1. The number of benzene rings is 1. The summed E-state index contributed by atoms with van der Waals surface area (Å²) >= 11 is 0. The number of fused-ring (bicyclic) bond motifs is 1. The summed E-state index contributed by atoms with van der Waals surface area (Å²) in [6, 6.07) is 7.72. The fraction of sp³-hybridized carbons (Fsp3) is 0.500. The molecule has 2 aliphatic rings. The molecule has 8 nitrogen and oxygen atoms in total. The van der Waals surface area contributed by atoms with E-state index in [-0.39, 0.29) is 18.4 Å². The molecule has 0 spiro atoms. The van der Waals surface area contributed by atoms with Crippen LogP contribution in [0.1, 0.15) is 18.4 Å². The first-order valence-electron chi connectivity index (χ1n) is 9.33. The van der Waals surface area contributed by atoms with Crippen molar-refractivity contribution in [2.75, 3.05) is 25.0 Å². The van der Waals surface area contributed by atoms with Gasteiger partial charge in [0, 0.05) is 31.4 Å². The average Bonchev–Trinajstić information content (AvgIpc) is 2.84. The van der Waals surface area contributed by atoms with Crippen LogP contribution in [0.5, 0.6) is 0 Å². The van der Waals surface area contributed by atoms with E-state index < -0.39 is 18.2 Å². The molecule has 2 heterocycles. The number of likely N-dealkylation sites (tertiary alicyclic amines) is 1. The Morgan fingerprint density at radius 1 is 1.26 bits per heavy atom. The highest BCUT2D eigenvalue weighted by Crippen LogP contribution is 2.24. The fourth-order valence-corrected chi connectivity index (χ4v) is 3.60. The van der Waals surface area contributed by atoms with E-state index in [4.69, 9.17) is 9.84 Å². The lowest BCUT2D eigenvalue weighted by atomic mass is 9.99. The van der Waals surface area contributed by atoms with Gasteiger partial charge in [-0.3, -0.25) is 0 Å². The number of aliphatic carboxylic acids is 1. The van der Waals surface area contributed by atoms with Crippen LogP contribution in [0.15, 0.2) is 24.3 Å². The molecule has 0 bridgehead atoms. The maximum Gasteiger partial charge on any atom is 0.410 e. The molecule has 1 saturated heterocycles. The van der Waals surface area contributed by atoms with Gasteiger partial charge in [0.2, 0.25) is 0 Å². The molecule has 1 fully saturated rings. The van der Waals surface area contributed by atoms with Gasteiger partial charge in [0.05, 0.1) is 0 Å². The van der Waals surface area contributed by atoms with Crippen molar-refractivity contribution in [1.82, 2.24) is 9.80 Å². The van der Waals surface area contributed by atoms with Crippen molar-refractivity contribution in [2.45, 2.75) is 37.7 Å².